The number of rotatable bonds is 5. The quantitative estimate of drug-likeness (QED) is 0.304. The van der Waals surface area contributed by atoms with Crippen LogP contribution >= 0.6 is 0 Å². The van der Waals surface area contributed by atoms with Crippen molar-refractivity contribution in [1.29, 1.82) is 0 Å². The summed E-state index contributed by atoms with van der Waals surface area (Å²) in [6, 6.07) is 23.2. The third-order valence-electron chi connectivity index (χ3n) is 4.19. The van der Waals surface area contributed by atoms with Gasteiger partial charge < -0.3 is 4.74 Å². The van der Waals surface area contributed by atoms with Crippen molar-refractivity contribution in [3.63, 3.8) is 0 Å². The van der Waals surface area contributed by atoms with E-state index in [4.69, 9.17) is 4.74 Å². The molecule has 0 radical (unpaired) electrons. The molecule has 0 atom stereocenters. The number of tetrazole rings is 1. The summed E-state index contributed by atoms with van der Waals surface area (Å²) in [4.78, 5) is 13.8. The molecule has 0 aliphatic carbocycles. The second-order valence-electron chi connectivity index (χ2n) is 5.94. The molecule has 0 amide bonds. The van der Waals surface area contributed by atoms with Gasteiger partial charge >= 0.3 is 5.82 Å². The second kappa shape index (κ2) is 7.28. The first kappa shape index (κ1) is 17.3. The standard InChI is InChI=1S/C20H16N5O3/c1-28-19-13-7-15(8-14-19)20-21-23(16-5-3-2-4-6-16)24(22-20)17-9-11-18(12-10-17)25(26)27/h2-14H,1H3/q+1. The monoisotopic (exact) mass is 374 g/mol. The van der Waals surface area contributed by atoms with E-state index in [0.29, 0.717) is 11.5 Å². The highest BCUT2D eigenvalue weighted by Gasteiger charge is 2.23. The molecule has 0 unspecified atom stereocenters. The molecule has 8 nitrogen and oxygen atoms in total. The van der Waals surface area contributed by atoms with Crippen molar-refractivity contribution in [3.8, 4) is 28.5 Å². The summed E-state index contributed by atoms with van der Waals surface area (Å²) in [6.45, 7) is 0. The number of methoxy groups -OCH3 is 1. The fraction of sp³-hybridized carbons (Fsp3) is 0.0500. The highest BCUT2D eigenvalue weighted by molar-refractivity contribution is 5.55. The van der Waals surface area contributed by atoms with Crippen molar-refractivity contribution < 1.29 is 14.5 Å². The predicted molar refractivity (Wildman–Crippen MR) is 102 cm³/mol. The average Bonchev–Trinajstić information content (AvgIpc) is 3.20. The minimum Gasteiger partial charge on any atom is -0.497 e. The van der Waals surface area contributed by atoms with Gasteiger partial charge in [0, 0.05) is 16.9 Å². The van der Waals surface area contributed by atoms with Crippen LogP contribution in [0.4, 0.5) is 5.69 Å². The largest absolute Gasteiger partial charge is 0.497 e. The van der Waals surface area contributed by atoms with Crippen LogP contribution < -0.4 is 9.53 Å². The molecule has 8 heteroatoms. The third kappa shape index (κ3) is 3.30. The number of non-ortho nitro benzene ring substituents is 1. The maximum absolute atomic E-state index is 10.9. The van der Waals surface area contributed by atoms with Crippen molar-refractivity contribution in [3.05, 3.63) is 89.0 Å². The summed E-state index contributed by atoms with van der Waals surface area (Å²) >= 11 is 0. The Hall–Kier alpha value is -4.07. The van der Waals surface area contributed by atoms with Gasteiger partial charge in [0.25, 0.3) is 5.69 Å². The number of nitrogens with zero attached hydrogens (tertiary/aromatic N) is 5. The fourth-order valence-corrected chi connectivity index (χ4v) is 2.74. The lowest BCUT2D eigenvalue weighted by molar-refractivity contribution is -0.734. The van der Waals surface area contributed by atoms with Crippen LogP contribution in [0.2, 0.25) is 0 Å². The van der Waals surface area contributed by atoms with Crippen LogP contribution in [0.25, 0.3) is 22.8 Å². The molecule has 0 aliphatic rings. The Balaban J connectivity index is 1.83. The molecule has 0 N–H and O–H groups in total. The van der Waals surface area contributed by atoms with E-state index in [9.17, 15) is 10.1 Å². The Morgan fingerprint density at radius 1 is 0.964 bits per heavy atom. The van der Waals surface area contributed by atoms with E-state index in [1.54, 1.807) is 28.8 Å². The number of hydrogen-bond acceptors (Lipinski definition) is 5. The van der Waals surface area contributed by atoms with Crippen LogP contribution in [0.3, 0.4) is 0 Å². The zero-order chi connectivity index (χ0) is 19.5. The minimum absolute atomic E-state index is 0.0190. The predicted octanol–water partition coefficient (Wildman–Crippen LogP) is 3.13. The molecule has 28 heavy (non-hydrogen) atoms. The third-order valence-corrected chi connectivity index (χ3v) is 4.19. The SMILES string of the molecule is COc1ccc(-c2nn(-c3ccccc3)[n+](-c3ccc([N+](=O)[O-])cc3)n2)cc1. The van der Waals surface area contributed by atoms with Crippen LogP contribution in [0.5, 0.6) is 5.75 Å². The van der Waals surface area contributed by atoms with Crippen molar-refractivity contribution >= 4 is 5.69 Å². The number of nitro benzene ring substituents is 1. The normalized spacial score (nSPS) is 10.6. The van der Waals surface area contributed by atoms with Crippen molar-refractivity contribution in [2.75, 3.05) is 7.11 Å². The van der Waals surface area contributed by atoms with Gasteiger partial charge in [0.15, 0.2) is 5.69 Å². The maximum atomic E-state index is 10.9. The number of hydrogen-bond donors (Lipinski definition) is 0. The topological polar surface area (TPSA) is 87.0 Å². The molecule has 0 saturated carbocycles. The molecule has 4 aromatic rings. The van der Waals surface area contributed by atoms with E-state index in [2.05, 4.69) is 10.2 Å². The fourth-order valence-electron chi connectivity index (χ4n) is 2.74. The molecule has 0 bridgehead atoms. The van der Waals surface area contributed by atoms with Gasteiger partial charge in [-0.15, -0.1) is 0 Å². The highest BCUT2D eigenvalue weighted by Crippen LogP contribution is 2.19. The molecule has 0 fully saturated rings. The van der Waals surface area contributed by atoms with Gasteiger partial charge in [-0.2, -0.15) is 0 Å². The Morgan fingerprint density at radius 3 is 2.25 bits per heavy atom. The van der Waals surface area contributed by atoms with E-state index in [-0.39, 0.29) is 5.69 Å². The Bertz CT molecular complexity index is 1110. The number of para-hydroxylation sites is 1. The zero-order valence-corrected chi connectivity index (χ0v) is 15.0. The van der Waals surface area contributed by atoms with Crippen LogP contribution in [-0.2, 0) is 0 Å². The Labute approximate surface area is 160 Å². The zero-order valence-electron chi connectivity index (χ0n) is 15.0. The summed E-state index contributed by atoms with van der Waals surface area (Å²) < 4.78 is 5.20. The van der Waals surface area contributed by atoms with Crippen molar-refractivity contribution in [2.45, 2.75) is 0 Å². The van der Waals surface area contributed by atoms with Crippen LogP contribution in [-0.4, -0.2) is 27.0 Å². The smallest absolute Gasteiger partial charge is 0.340 e. The van der Waals surface area contributed by atoms with Crippen LogP contribution in [0, 0.1) is 10.1 Å². The summed E-state index contributed by atoms with van der Waals surface area (Å²) in [5.74, 6) is 1.26. The van der Waals surface area contributed by atoms with Crippen LogP contribution in [0.1, 0.15) is 0 Å². The summed E-state index contributed by atoms with van der Waals surface area (Å²) in [6.07, 6.45) is 0. The number of aromatic nitrogens is 4. The highest BCUT2D eigenvalue weighted by atomic mass is 16.6. The van der Waals surface area contributed by atoms with E-state index in [0.717, 1.165) is 17.0 Å². The van der Waals surface area contributed by atoms with E-state index >= 15 is 0 Å². The molecule has 0 aliphatic heterocycles. The molecule has 0 spiro atoms. The molecule has 138 valence electrons. The first-order chi connectivity index (χ1) is 13.7. The first-order valence-electron chi connectivity index (χ1n) is 8.50. The van der Waals surface area contributed by atoms with Gasteiger partial charge in [0.2, 0.25) is 0 Å². The van der Waals surface area contributed by atoms with Gasteiger partial charge in [0.05, 0.1) is 22.7 Å². The van der Waals surface area contributed by atoms with Gasteiger partial charge in [0.1, 0.15) is 11.4 Å². The summed E-state index contributed by atoms with van der Waals surface area (Å²) in [5, 5.41) is 20.2. The lowest BCUT2D eigenvalue weighted by atomic mass is 10.2. The molecule has 1 aromatic heterocycles. The lowest BCUT2D eigenvalue weighted by Crippen LogP contribution is -2.43. The molecule has 1 heterocycles. The van der Waals surface area contributed by atoms with Crippen molar-refractivity contribution in [1.82, 2.24) is 15.0 Å². The van der Waals surface area contributed by atoms with Gasteiger partial charge in [-0.25, -0.2) is 0 Å². The minimum atomic E-state index is -0.431. The van der Waals surface area contributed by atoms with Crippen molar-refractivity contribution in [2.24, 2.45) is 0 Å². The van der Waals surface area contributed by atoms with Gasteiger partial charge in [-0.3, -0.25) is 10.1 Å². The number of ether oxygens (including phenoxy) is 1. The number of nitro groups is 1. The van der Waals surface area contributed by atoms with Crippen LogP contribution in [0.15, 0.2) is 78.9 Å². The van der Waals surface area contributed by atoms with Gasteiger partial charge in [-0.05, 0) is 58.4 Å². The Kier molecular flexibility index (Phi) is 4.51. The Morgan fingerprint density at radius 2 is 1.64 bits per heavy atom. The molecular formula is C20H16N5O3+. The van der Waals surface area contributed by atoms with E-state index in [1.165, 1.54) is 12.1 Å². The average molecular weight is 374 g/mol. The van der Waals surface area contributed by atoms with E-state index in [1.807, 2.05) is 54.6 Å². The lowest BCUT2D eigenvalue weighted by Gasteiger charge is -1.99. The second-order valence-corrected chi connectivity index (χ2v) is 5.94. The first-order valence-corrected chi connectivity index (χ1v) is 8.50. The molecular weight excluding hydrogens is 358 g/mol. The molecule has 4 rings (SSSR count). The summed E-state index contributed by atoms with van der Waals surface area (Å²) in [5.41, 5.74) is 2.31. The van der Waals surface area contributed by atoms with Gasteiger partial charge in [-0.1, -0.05) is 18.2 Å². The molecule has 3 aromatic carbocycles. The van der Waals surface area contributed by atoms with E-state index < -0.39 is 4.92 Å². The molecule has 0 saturated heterocycles. The summed E-state index contributed by atoms with van der Waals surface area (Å²) in [7, 11) is 1.61. The maximum Gasteiger partial charge on any atom is 0.340 e. The number of benzene rings is 3.